The zero-order valence-electron chi connectivity index (χ0n) is 18.4. The predicted molar refractivity (Wildman–Crippen MR) is 120 cm³/mol. The molecule has 160 valence electrons. The second kappa shape index (κ2) is 9.79. The standard InChI is InChI=1S/C25H32N2O3/c1-5-6-15-27-23(28)14-13-20(24(27)19-9-7-8-10-22(19)30-4)25(29)26-21-16-17(2)11-12-18(21)3/h7-12,16,20,24H,5-6,13-15H2,1-4H3,(H,26,29)/t20-,24-/m1/s1. The Labute approximate surface area is 179 Å². The third kappa shape index (κ3) is 4.66. The highest BCUT2D eigenvalue weighted by molar-refractivity contribution is 5.95. The SMILES string of the molecule is CCCCN1C(=O)CC[C@@H](C(=O)Nc2cc(C)ccc2C)[C@H]1c1ccccc1OC. The molecule has 1 N–H and O–H groups in total. The number of likely N-dealkylation sites (tertiary alicyclic amines) is 1. The van der Waals surface area contributed by atoms with Gasteiger partial charge in [-0.15, -0.1) is 0 Å². The number of hydrogen-bond donors (Lipinski definition) is 1. The van der Waals surface area contributed by atoms with Crippen LogP contribution in [0.2, 0.25) is 0 Å². The number of nitrogens with one attached hydrogen (secondary N) is 1. The number of aryl methyl sites for hydroxylation is 2. The van der Waals surface area contributed by atoms with Gasteiger partial charge < -0.3 is 15.0 Å². The van der Waals surface area contributed by atoms with Crippen LogP contribution < -0.4 is 10.1 Å². The topological polar surface area (TPSA) is 58.6 Å². The lowest BCUT2D eigenvalue weighted by Gasteiger charge is -2.41. The Balaban J connectivity index is 1.98. The lowest BCUT2D eigenvalue weighted by atomic mass is 9.83. The summed E-state index contributed by atoms with van der Waals surface area (Å²) in [4.78, 5) is 28.2. The predicted octanol–water partition coefficient (Wildman–Crippen LogP) is 5.03. The second-order valence-corrected chi connectivity index (χ2v) is 8.08. The molecule has 2 amide bonds. The maximum atomic E-state index is 13.5. The van der Waals surface area contributed by atoms with Crippen LogP contribution in [-0.2, 0) is 9.59 Å². The van der Waals surface area contributed by atoms with Gasteiger partial charge in [-0.3, -0.25) is 9.59 Å². The van der Waals surface area contributed by atoms with Crippen LogP contribution in [0.25, 0.3) is 0 Å². The van der Waals surface area contributed by atoms with Crippen LogP contribution in [0.15, 0.2) is 42.5 Å². The molecule has 5 nitrogen and oxygen atoms in total. The summed E-state index contributed by atoms with van der Waals surface area (Å²) >= 11 is 0. The number of para-hydroxylation sites is 1. The van der Waals surface area contributed by atoms with Crippen molar-refractivity contribution in [2.45, 2.75) is 52.5 Å². The van der Waals surface area contributed by atoms with Crippen LogP contribution in [0.4, 0.5) is 5.69 Å². The first kappa shape index (κ1) is 21.9. The Morgan fingerprint density at radius 3 is 2.70 bits per heavy atom. The van der Waals surface area contributed by atoms with Crippen molar-refractivity contribution >= 4 is 17.5 Å². The van der Waals surface area contributed by atoms with Crippen molar-refractivity contribution < 1.29 is 14.3 Å². The number of rotatable bonds is 7. The van der Waals surface area contributed by atoms with Crippen LogP contribution in [-0.4, -0.2) is 30.4 Å². The molecule has 0 bridgehead atoms. The number of ether oxygens (including phenoxy) is 1. The van der Waals surface area contributed by atoms with Gasteiger partial charge in [0.2, 0.25) is 11.8 Å². The molecule has 2 aromatic rings. The smallest absolute Gasteiger partial charge is 0.229 e. The highest BCUT2D eigenvalue weighted by atomic mass is 16.5. The fraction of sp³-hybridized carbons (Fsp3) is 0.440. The van der Waals surface area contributed by atoms with Gasteiger partial charge in [0.25, 0.3) is 0 Å². The van der Waals surface area contributed by atoms with E-state index >= 15 is 0 Å². The molecule has 1 aliphatic heterocycles. The molecular formula is C25H32N2O3. The molecule has 0 unspecified atom stereocenters. The van der Waals surface area contributed by atoms with E-state index in [-0.39, 0.29) is 23.8 Å². The van der Waals surface area contributed by atoms with Crippen molar-refractivity contribution in [3.05, 3.63) is 59.2 Å². The number of carbonyl (C=O) groups is 2. The molecule has 1 saturated heterocycles. The Morgan fingerprint density at radius 2 is 1.97 bits per heavy atom. The Kier molecular flexibility index (Phi) is 7.14. The van der Waals surface area contributed by atoms with Crippen molar-refractivity contribution in [3.8, 4) is 5.75 Å². The summed E-state index contributed by atoms with van der Waals surface area (Å²) in [5, 5.41) is 3.13. The molecule has 30 heavy (non-hydrogen) atoms. The van der Waals surface area contributed by atoms with Gasteiger partial charge in [0, 0.05) is 24.2 Å². The number of nitrogens with zero attached hydrogens (tertiary/aromatic N) is 1. The molecule has 2 atom stereocenters. The first-order valence-corrected chi connectivity index (χ1v) is 10.8. The molecular weight excluding hydrogens is 376 g/mol. The van der Waals surface area contributed by atoms with E-state index in [1.54, 1.807) is 7.11 Å². The van der Waals surface area contributed by atoms with Crippen LogP contribution in [0.1, 0.15) is 55.3 Å². The molecule has 1 aliphatic rings. The summed E-state index contributed by atoms with van der Waals surface area (Å²) in [6.45, 7) is 6.76. The van der Waals surface area contributed by atoms with Gasteiger partial charge in [0.15, 0.2) is 0 Å². The summed E-state index contributed by atoms with van der Waals surface area (Å²) in [5.74, 6) is 0.433. The normalized spacial score (nSPS) is 18.9. The zero-order chi connectivity index (χ0) is 21.7. The quantitative estimate of drug-likeness (QED) is 0.699. The van der Waals surface area contributed by atoms with Gasteiger partial charge in [-0.1, -0.05) is 43.7 Å². The van der Waals surface area contributed by atoms with Crippen LogP contribution in [0, 0.1) is 19.8 Å². The molecule has 0 spiro atoms. The van der Waals surface area contributed by atoms with Crippen molar-refractivity contribution in [3.63, 3.8) is 0 Å². The minimum absolute atomic E-state index is 0.0476. The van der Waals surface area contributed by atoms with Crippen LogP contribution in [0.3, 0.4) is 0 Å². The van der Waals surface area contributed by atoms with E-state index in [4.69, 9.17) is 4.74 Å². The van der Waals surface area contributed by atoms with Gasteiger partial charge in [-0.05, 0) is 49.9 Å². The molecule has 3 rings (SSSR count). The van der Waals surface area contributed by atoms with Gasteiger partial charge in [-0.25, -0.2) is 0 Å². The van der Waals surface area contributed by atoms with E-state index in [9.17, 15) is 9.59 Å². The minimum atomic E-state index is -0.337. The zero-order valence-corrected chi connectivity index (χ0v) is 18.4. The van der Waals surface area contributed by atoms with Gasteiger partial charge in [-0.2, -0.15) is 0 Å². The van der Waals surface area contributed by atoms with Crippen molar-refractivity contribution in [1.29, 1.82) is 0 Å². The van der Waals surface area contributed by atoms with E-state index < -0.39 is 0 Å². The minimum Gasteiger partial charge on any atom is -0.496 e. The molecule has 0 radical (unpaired) electrons. The maximum absolute atomic E-state index is 13.5. The fourth-order valence-corrected chi connectivity index (χ4v) is 4.21. The van der Waals surface area contributed by atoms with E-state index in [0.717, 1.165) is 35.2 Å². The number of unbranched alkanes of at least 4 members (excludes halogenated alkanes) is 1. The number of carbonyl (C=O) groups excluding carboxylic acids is 2. The molecule has 1 fully saturated rings. The monoisotopic (exact) mass is 408 g/mol. The van der Waals surface area contributed by atoms with Crippen molar-refractivity contribution in [2.75, 3.05) is 19.0 Å². The summed E-state index contributed by atoms with van der Waals surface area (Å²) < 4.78 is 5.60. The number of benzene rings is 2. The first-order chi connectivity index (χ1) is 14.5. The molecule has 1 heterocycles. The second-order valence-electron chi connectivity index (χ2n) is 8.08. The van der Waals surface area contributed by atoms with Gasteiger partial charge in [0.1, 0.15) is 5.75 Å². The van der Waals surface area contributed by atoms with Crippen molar-refractivity contribution in [2.24, 2.45) is 5.92 Å². The lowest BCUT2D eigenvalue weighted by Crippen LogP contribution is -2.47. The average Bonchev–Trinajstić information content (AvgIpc) is 2.75. The molecule has 0 saturated carbocycles. The fourth-order valence-electron chi connectivity index (χ4n) is 4.21. The molecule has 2 aromatic carbocycles. The van der Waals surface area contributed by atoms with E-state index in [1.807, 2.05) is 61.2 Å². The van der Waals surface area contributed by atoms with Gasteiger partial charge >= 0.3 is 0 Å². The third-order valence-corrected chi connectivity index (χ3v) is 5.90. The van der Waals surface area contributed by atoms with E-state index in [1.165, 1.54) is 0 Å². The largest absolute Gasteiger partial charge is 0.496 e. The number of anilines is 1. The van der Waals surface area contributed by atoms with Gasteiger partial charge in [0.05, 0.1) is 19.1 Å². The number of piperidine rings is 1. The molecule has 0 aliphatic carbocycles. The summed E-state index contributed by atoms with van der Waals surface area (Å²) in [7, 11) is 1.63. The number of methoxy groups -OCH3 is 1. The molecule has 5 heteroatoms. The summed E-state index contributed by atoms with van der Waals surface area (Å²) in [6.07, 6.45) is 2.81. The Hall–Kier alpha value is -2.82. The highest BCUT2D eigenvalue weighted by Gasteiger charge is 2.41. The van der Waals surface area contributed by atoms with Crippen LogP contribution >= 0.6 is 0 Å². The summed E-state index contributed by atoms with van der Waals surface area (Å²) in [5.41, 5.74) is 3.85. The Bertz CT molecular complexity index is 909. The maximum Gasteiger partial charge on any atom is 0.229 e. The lowest BCUT2D eigenvalue weighted by molar-refractivity contribution is -0.142. The van der Waals surface area contributed by atoms with E-state index in [0.29, 0.717) is 25.1 Å². The highest BCUT2D eigenvalue weighted by Crippen LogP contribution is 2.41. The summed E-state index contributed by atoms with van der Waals surface area (Å²) in [6, 6.07) is 13.4. The average molecular weight is 409 g/mol. The number of hydrogen-bond acceptors (Lipinski definition) is 3. The number of amides is 2. The Morgan fingerprint density at radius 1 is 1.20 bits per heavy atom. The van der Waals surface area contributed by atoms with Crippen LogP contribution in [0.5, 0.6) is 5.75 Å². The first-order valence-electron chi connectivity index (χ1n) is 10.8. The van der Waals surface area contributed by atoms with Crippen molar-refractivity contribution in [1.82, 2.24) is 4.90 Å². The molecule has 0 aromatic heterocycles. The third-order valence-electron chi connectivity index (χ3n) is 5.90. The van der Waals surface area contributed by atoms with E-state index in [2.05, 4.69) is 12.2 Å².